The number of aliphatic hydroxyl groups is 1. The maximum absolute atomic E-state index is 11.0. The number of nitrogens with zero attached hydrogens (tertiary/aromatic N) is 1. The number of likely N-dealkylation sites (tertiary alicyclic amines) is 1. The predicted octanol–water partition coefficient (Wildman–Crippen LogP) is -0.155. The van der Waals surface area contributed by atoms with Crippen LogP contribution >= 0.6 is 0 Å². The Balaban J connectivity index is 2.81. The van der Waals surface area contributed by atoms with E-state index in [4.69, 9.17) is 0 Å². The quantitative estimate of drug-likeness (QED) is 0.512. The van der Waals surface area contributed by atoms with E-state index in [9.17, 15) is 9.90 Å². The summed E-state index contributed by atoms with van der Waals surface area (Å²) < 4.78 is 0. The molecule has 1 fully saturated rings. The zero-order chi connectivity index (χ0) is 7.94. The number of rotatable bonds is 0. The molecule has 10 heavy (non-hydrogen) atoms. The third-order valence-corrected chi connectivity index (χ3v) is 2.00. The van der Waals surface area contributed by atoms with Crippen molar-refractivity contribution < 1.29 is 9.90 Å². The summed E-state index contributed by atoms with van der Waals surface area (Å²) in [6.07, 6.45) is -0.808. The van der Waals surface area contributed by atoms with Crippen molar-refractivity contribution >= 4 is 5.91 Å². The molecule has 58 valence electrons. The standard InChI is InChI=1S/C7H13NO2/c1-7(2)4-8(3)6(10)5(7)9/h5,9H,4H2,1-3H3/t5-/m0/s1. The first-order valence-corrected chi connectivity index (χ1v) is 3.38. The molecule has 1 aliphatic heterocycles. The number of hydrogen-bond acceptors (Lipinski definition) is 2. The van der Waals surface area contributed by atoms with Crippen LogP contribution in [0.2, 0.25) is 0 Å². The highest BCUT2D eigenvalue weighted by atomic mass is 16.3. The Morgan fingerprint density at radius 1 is 1.70 bits per heavy atom. The lowest BCUT2D eigenvalue weighted by Gasteiger charge is -2.18. The van der Waals surface area contributed by atoms with E-state index in [0.29, 0.717) is 6.54 Å². The molecule has 0 spiro atoms. The molecule has 1 N–H and O–H groups in total. The van der Waals surface area contributed by atoms with Crippen molar-refractivity contribution in [1.82, 2.24) is 4.90 Å². The van der Waals surface area contributed by atoms with Crippen molar-refractivity contribution in [2.45, 2.75) is 20.0 Å². The summed E-state index contributed by atoms with van der Waals surface area (Å²) in [5.74, 6) is -0.162. The van der Waals surface area contributed by atoms with Crippen molar-refractivity contribution in [1.29, 1.82) is 0 Å². The molecule has 1 amide bonds. The average Bonchev–Trinajstić information content (AvgIpc) is 1.95. The minimum atomic E-state index is -0.808. The Morgan fingerprint density at radius 3 is 2.30 bits per heavy atom. The van der Waals surface area contributed by atoms with Crippen LogP contribution in [0.15, 0.2) is 0 Å². The highest BCUT2D eigenvalue weighted by molar-refractivity contribution is 5.83. The van der Waals surface area contributed by atoms with Crippen molar-refractivity contribution in [2.75, 3.05) is 13.6 Å². The fourth-order valence-corrected chi connectivity index (χ4v) is 1.32. The predicted molar refractivity (Wildman–Crippen MR) is 37.4 cm³/mol. The van der Waals surface area contributed by atoms with Gasteiger partial charge in [0, 0.05) is 19.0 Å². The van der Waals surface area contributed by atoms with Crippen molar-refractivity contribution in [3.8, 4) is 0 Å². The normalized spacial score (nSPS) is 31.4. The molecule has 3 nitrogen and oxygen atoms in total. The summed E-state index contributed by atoms with van der Waals surface area (Å²) in [5.41, 5.74) is -0.272. The van der Waals surface area contributed by atoms with Gasteiger partial charge in [-0.1, -0.05) is 13.8 Å². The van der Waals surface area contributed by atoms with Crippen molar-refractivity contribution in [3.63, 3.8) is 0 Å². The highest BCUT2D eigenvalue weighted by Crippen LogP contribution is 2.28. The van der Waals surface area contributed by atoms with Crippen LogP contribution in [-0.4, -0.2) is 35.6 Å². The van der Waals surface area contributed by atoms with E-state index in [2.05, 4.69) is 0 Å². The Bertz CT molecular complexity index is 165. The van der Waals surface area contributed by atoms with Crippen LogP contribution in [0.5, 0.6) is 0 Å². The summed E-state index contributed by atoms with van der Waals surface area (Å²) in [5, 5.41) is 9.30. The van der Waals surface area contributed by atoms with Gasteiger partial charge in [0.05, 0.1) is 0 Å². The molecule has 1 heterocycles. The van der Waals surface area contributed by atoms with Crippen LogP contribution in [0.4, 0.5) is 0 Å². The van der Waals surface area contributed by atoms with Gasteiger partial charge in [0.25, 0.3) is 5.91 Å². The lowest BCUT2D eigenvalue weighted by molar-refractivity contribution is -0.134. The first-order valence-electron chi connectivity index (χ1n) is 3.38. The maximum atomic E-state index is 11.0. The number of carbonyl (C=O) groups excluding carboxylic acids is 1. The van der Waals surface area contributed by atoms with E-state index in [1.54, 1.807) is 11.9 Å². The van der Waals surface area contributed by atoms with Gasteiger partial charge in [0.15, 0.2) is 0 Å². The second-order valence-electron chi connectivity index (χ2n) is 3.59. The monoisotopic (exact) mass is 143 g/mol. The lowest BCUT2D eigenvalue weighted by Crippen LogP contribution is -2.29. The van der Waals surface area contributed by atoms with Gasteiger partial charge in [0.1, 0.15) is 6.10 Å². The Morgan fingerprint density at radius 2 is 2.20 bits per heavy atom. The maximum Gasteiger partial charge on any atom is 0.251 e. The molecular weight excluding hydrogens is 130 g/mol. The van der Waals surface area contributed by atoms with E-state index >= 15 is 0 Å². The molecule has 0 bridgehead atoms. The summed E-state index contributed by atoms with van der Waals surface area (Å²) in [7, 11) is 1.71. The van der Waals surface area contributed by atoms with E-state index in [1.807, 2.05) is 13.8 Å². The largest absolute Gasteiger partial charge is 0.383 e. The minimum absolute atomic E-state index is 0.162. The Hall–Kier alpha value is -0.570. The highest BCUT2D eigenvalue weighted by Gasteiger charge is 2.43. The van der Waals surface area contributed by atoms with E-state index < -0.39 is 6.10 Å². The molecule has 0 aliphatic carbocycles. The van der Waals surface area contributed by atoms with Crippen molar-refractivity contribution in [2.24, 2.45) is 5.41 Å². The van der Waals surface area contributed by atoms with Gasteiger partial charge in [-0.2, -0.15) is 0 Å². The van der Waals surface area contributed by atoms with Gasteiger partial charge in [-0.3, -0.25) is 4.79 Å². The lowest BCUT2D eigenvalue weighted by atomic mass is 9.90. The fourth-order valence-electron chi connectivity index (χ4n) is 1.32. The number of amides is 1. The van der Waals surface area contributed by atoms with E-state index in [1.165, 1.54) is 0 Å². The van der Waals surface area contributed by atoms with Crippen LogP contribution < -0.4 is 0 Å². The Kier molecular flexibility index (Phi) is 1.47. The van der Waals surface area contributed by atoms with Gasteiger partial charge >= 0.3 is 0 Å². The molecule has 0 unspecified atom stereocenters. The van der Waals surface area contributed by atoms with Crippen LogP contribution in [0.1, 0.15) is 13.8 Å². The van der Waals surface area contributed by atoms with Crippen LogP contribution in [0, 0.1) is 5.41 Å². The van der Waals surface area contributed by atoms with Gasteiger partial charge in [-0.15, -0.1) is 0 Å². The molecule has 1 atom stereocenters. The smallest absolute Gasteiger partial charge is 0.251 e. The molecule has 0 aromatic carbocycles. The van der Waals surface area contributed by atoms with Crippen LogP contribution in [0.3, 0.4) is 0 Å². The number of hydrogen-bond donors (Lipinski definition) is 1. The summed E-state index contributed by atoms with van der Waals surface area (Å²) in [6, 6.07) is 0. The molecular formula is C7H13NO2. The molecule has 3 heteroatoms. The summed E-state index contributed by atoms with van der Waals surface area (Å²) in [6.45, 7) is 4.42. The third-order valence-electron chi connectivity index (χ3n) is 2.00. The summed E-state index contributed by atoms with van der Waals surface area (Å²) >= 11 is 0. The zero-order valence-corrected chi connectivity index (χ0v) is 6.59. The molecule has 0 aromatic rings. The topological polar surface area (TPSA) is 40.5 Å². The first-order chi connectivity index (χ1) is 4.45. The third kappa shape index (κ3) is 0.904. The summed E-state index contributed by atoms with van der Waals surface area (Å²) in [4.78, 5) is 12.6. The fraction of sp³-hybridized carbons (Fsp3) is 0.857. The molecule has 1 aliphatic rings. The second kappa shape index (κ2) is 1.95. The van der Waals surface area contributed by atoms with E-state index in [0.717, 1.165) is 0 Å². The van der Waals surface area contributed by atoms with Crippen LogP contribution in [0.25, 0.3) is 0 Å². The van der Waals surface area contributed by atoms with Crippen molar-refractivity contribution in [3.05, 3.63) is 0 Å². The molecule has 0 saturated carbocycles. The molecule has 0 radical (unpaired) electrons. The zero-order valence-electron chi connectivity index (χ0n) is 6.59. The average molecular weight is 143 g/mol. The van der Waals surface area contributed by atoms with Gasteiger partial charge in [0.2, 0.25) is 0 Å². The molecule has 1 saturated heterocycles. The number of carbonyl (C=O) groups is 1. The van der Waals surface area contributed by atoms with Gasteiger partial charge < -0.3 is 10.0 Å². The number of likely N-dealkylation sites (N-methyl/N-ethyl adjacent to an activating group) is 1. The number of aliphatic hydroxyl groups excluding tert-OH is 1. The SMILES string of the molecule is CN1CC(C)(C)[C@@H](O)C1=O. The second-order valence-corrected chi connectivity index (χ2v) is 3.59. The first kappa shape index (κ1) is 7.54. The Labute approximate surface area is 60.6 Å². The molecule has 0 aromatic heterocycles. The van der Waals surface area contributed by atoms with Crippen LogP contribution in [-0.2, 0) is 4.79 Å². The van der Waals surface area contributed by atoms with E-state index in [-0.39, 0.29) is 11.3 Å². The molecule has 1 rings (SSSR count). The minimum Gasteiger partial charge on any atom is -0.383 e. The van der Waals surface area contributed by atoms with Gasteiger partial charge in [-0.25, -0.2) is 0 Å². The van der Waals surface area contributed by atoms with Gasteiger partial charge in [-0.05, 0) is 0 Å².